The molecule has 0 spiro atoms. The lowest BCUT2D eigenvalue weighted by Gasteiger charge is -2.25. The van der Waals surface area contributed by atoms with Crippen molar-refractivity contribution in [3.8, 4) is 0 Å². The number of carboxylic acid groups (broad SMARTS) is 1. The molecule has 0 heterocycles. The first kappa shape index (κ1) is 16.9. The summed E-state index contributed by atoms with van der Waals surface area (Å²) >= 11 is 0. The van der Waals surface area contributed by atoms with Gasteiger partial charge in [0.15, 0.2) is 0 Å². The van der Waals surface area contributed by atoms with Gasteiger partial charge in [0.25, 0.3) is 0 Å². The van der Waals surface area contributed by atoms with Crippen LogP contribution in [0.3, 0.4) is 0 Å². The molecule has 2 amide bonds. The van der Waals surface area contributed by atoms with Crippen molar-refractivity contribution in [3.05, 3.63) is 35.6 Å². The normalized spacial score (nSPS) is 11.0. The molecule has 1 aromatic rings. The Labute approximate surface area is 123 Å². The zero-order chi connectivity index (χ0) is 15.9. The minimum Gasteiger partial charge on any atom is -0.481 e. The Hall–Kier alpha value is -2.11. The highest BCUT2D eigenvalue weighted by molar-refractivity contribution is 5.74. The molecule has 1 rings (SSSR count). The van der Waals surface area contributed by atoms with E-state index in [2.05, 4.69) is 10.6 Å². The van der Waals surface area contributed by atoms with Gasteiger partial charge in [-0.25, -0.2) is 9.18 Å². The van der Waals surface area contributed by atoms with Crippen molar-refractivity contribution >= 4 is 12.0 Å². The molecule has 3 N–H and O–H groups in total. The predicted molar refractivity (Wildman–Crippen MR) is 77.7 cm³/mol. The third-order valence-corrected chi connectivity index (χ3v) is 3.15. The van der Waals surface area contributed by atoms with E-state index in [9.17, 15) is 14.0 Å². The number of aliphatic carboxylic acids is 1. The van der Waals surface area contributed by atoms with E-state index < -0.39 is 11.4 Å². The Morgan fingerprint density at radius 3 is 2.62 bits per heavy atom. The summed E-state index contributed by atoms with van der Waals surface area (Å²) in [5.74, 6) is -1.19. The summed E-state index contributed by atoms with van der Waals surface area (Å²) in [6.07, 6.45) is 0.408. The largest absolute Gasteiger partial charge is 0.481 e. The van der Waals surface area contributed by atoms with Crippen molar-refractivity contribution in [2.45, 2.75) is 32.1 Å². The third kappa shape index (κ3) is 6.25. The second kappa shape index (κ2) is 7.61. The van der Waals surface area contributed by atoms with E-state index in [4.69, 9.17) is 5.11 Å². The summed E-state index contributed by atoms with van der Waals surface area (Å²) in [6.45, 7) is 4.47. The van der Waals surface area contributed by atoms with Gasteiger partial charge in [0.05, 0.1) is 0 Å². The van der Waals surface area contributed by atoms with Crippen molar-refractivity contribution in [2.24, 2.45) is 0 Å². The lowest BCUT2D eigenvalue weighted by molar-refractivity contribution is -0.137. The molecule has 0 bridgehead atoms. The number of carbonyl (C=O) groups excluding carboxylic acids is 1. The molecule has 0 fully saturated rings. The summed E-state index contributed by atoms with van der Waals surface area (Å²) in [5.41, 5.74) is 0.397. The van der Waals surface area contributed by atoms with E-state index in [0.717, 1.165) is 5.56 Å². The van der Waals surface area contributed by atoms with Gasteiger partial charge >= 0.3 is 12.0 Å². The number of benzene rings is 1. The van der Waals surface area contributed by atoms with E-state index in [1.807, 2.05) is 19.9 Å². The predicted octanol–water partition coefficient (Wildman–Crippen LogP) is 2.27. The lowest BCUT2D eigenvalue weighted by Crippen LogP contribution is -2.42. The quantitative estimate of drug-likeness (QED) is 0.675. The SMILES string of the molecule is CC(C)(CNC(=O)NCCCC(=O)O)c1cccc(F)c1. The molecule has 1 aromatic carbocycles. The molecule has 0 aliphatic rings. The molecule has 0 atom stereocenters. The summed E-state index contributed by atoms with van der Waals surface area (Å²) in [4.78, 5) is 21.9. The first-order valence-corrected chi connectivity index (χ1v) is 6.81. The number of carboxylic acids is 1. The van der Waals surface area contributed by atoms with Crippen molar-refractivity contribution in [1.29, 1.82) is 0 Å². The Morgan fingerprint density at radius 2 is 2.00 bits per heavy atom. The number of nitrogens with one attached hydrogen (secondary N) is 2. The van der Waals surface area contributed by atoms with Crippen LogP contribution in [0.1, 0.15) is 32.3 Å². The molecule has 0 aromatic heterocycles. The van der Waals surface area contributed by atoms with Crippen LogP contribution < -0.4 is 10.6 Å². The van der Waals surface area contributed by atoms with Crippen LogP contribution in [0, 0.1) is 5.82 Å². The maximum atomic E-state index is 13.2. The lowest BCUT2D eigenvalue weighted by atomic mass is 9.84. The van der Waals surface area contributed by atoms with E-state index in [1.54, 1.807) is 6.07 Å². The monoisotopic (exact) mass is 296 g/mol. The first-order valence-electron chi connectivity index (χ1n) is 6.81. The third-order valence-electron chi connectivity index (χ3n) is 3.15. The molecular weight excluding hydrogens is 275 g/mol. The van der Waals surface area contributed by atoms with Gasteiger partial charge in [-0.15, -0.1) is 0 Å². The van der Waals surface area contributed by atoms with Gasteiger partial charge in [-0.05, 0) is 24.1 Å². The molecule has 0 unspecified atom stereocenters. The van der Waals surface area contributed by atoms with E-state index >= 15 is 0 Å². The zero-order valence-electron chi connectivity index (χ0n) is 12.3. The van der Waals surface area contributed by atoms with Crippen LogP contribution in [0.5, 0.6) is 0 Å². The summed E-state index contributed by atoms with van der Waals surface area (Å²) in [6, 6.07) is 5.92. The maximum Gasteiger partial charge on any atom is 0.314 e. The van der Waals surface area contributed by atoms with Crippen LogP contribution in [0.4, 0.5) is 9.18 Å². The van der Waals surface area contributed by atoms with Crippen LogP contribution in [-0.2, 0) is 10.2 Å². The standard InChI is InChI=1S/C15H21FN2O3/c1-15(2,11-5-3-6-12(16)9-11)10-18-14(21)17-8-4-7-13(19)20/h3,5-6,9H,4,7-8,10H2,1-2H3,(H,19,20)(H2,17,18,21). The fourth-order valence-electron chi connectivity index (χ4n) is 1.82. The van der Waals surface area contributed by atoms with Crippen LogP contribution >= 0.6 is 0 Å². The van der Waals surface area contributed by atoms with Crippen molar-refractivity contribution in [3.63, 3.8) is 0 Å². The topological polar surface area (TPSA) is 78.4 Å². The molecule has 6 heteroatoms. The van der Waals surface area contributed by atoms with Crippen molar-refractivity contribution in [2.75, 3.05) is 13.1 Å². The highest BCUT2D eigenvalue weighted by atomic mass is 19.1. The molecular formula is C15H21FN2O3. The second-order valence-electron chi connectivity index (χ2n) is 5.50. The fraction of sp³-hybridized carbons (Fsp3) is 0.467. The van der Waals surface area contributed by atoms with Gasteiger partial charge in [0.2, 0.25) is 0 Å². The Bertz CT molecular complexity index is 503. The van der Waals surface area contributed by atoms with Crippen LogP contribution in [0.2, 0.25) is 0 Å². The number of hydrogen-bond acceptors (Lipinski definition) is 2. The zero-order valence-corrected chi connectivity index (χ0v) is 12.3. The van der Waals surface area contributed by atoms with Crippen LogP contribution in [-0.4, -0.2) is 30.2 Å². The van der Waals surface area contributed by atoms with Crippen molar-refractivity contribution < 1.29 is 19.1 Å². The minimum atomic E-state index is -0.885. The average molecular weight is 296 g/mol. The number of carbonyl (C=O) groups is 2. The molecule has 21 heavy (non-hydrogen) atoms. The van der Waals surface area contributed by atoms with Crippen LogP contribution in [0.25, 0.3) is 0 Å². The molecule has 0 aliphatic carbocycles. The summed E-state index contributed by atoms with van der Waals surface area (Å²) in [7, 11) is 0. The van der Waals surface area contributed by atoms with E-state index in [0.29, 0.717) is 19.5 Å². The number of hydrogen-bond donors (Lipinski definition) is 3. The maximum absolute atomic E-state index is 13.2. The van der Waals surface area contributed by atoms with Gasteiger partial charge in [-0.1, -0.05) is 26.0 Å². The molecule has 0 aliphatic heterocycles. The number of halogens is 1. The smallest absolute Gasteiger partial charge is 0.314 e. The average Bonchev–Trinajstić information content (AvgIpc) is 2.41. The molecule has 116 valence electrons. The Balaban J connectivity index is 2.39. The summed E-state index contributed by atoms with van der Waals surface area (Å²) < 4.78 is 13.2. The van der Waals surface area contributed by atoms with E-state index in [1.165, 1.54) is 12.1 Å². The molecule has 0 saturated heterocycles. The Kier molecular flexibility index (Phi) is 6.14. The van der Waals surface area contributed by atoms with Gasteiger partial charge < -0.3 is 15.7 Å². The number of urea groups is 1. The van der Waals surface area contributed by atoms with Gasteiger partial charge in [-0.2, -0.15) is 0 Å². The first-order chi connectivity index (χ1) is 9.81. The highest BCUT2D eigenvalue weighted by Gasteiger charge is 2.21. The van der Waals surface area contributed by atoms with Gasteiger partial charge in [0.1, 0.15) is 5.82 Å². The van der Waals surface area contributed by atoms with Gasteiger partial charge in [0, 0.05) is 24.9 Å². The molecule has 0 radical (unpaired) electrons. The fourth-order valence-corrected chi connectivity index (χ4v) is 1.82. The number of amides is 2. The summed E-state index contributed by atoms with van der Waals surface area (Å²) in [5, 5.41) is 13.8. The van der Waals surface area contributed by atoms with Gasteiger partial charge in [-0.3, -0.25) is 4.79 Å². The molecule has 0 saturated carbocycles. The van der Waals surface area contributed by atoms with E-state index in [-0.39, 0.29) is 18.3 Å². The van der Waals surface area contributed by atoms with Crippen LogP contribution in [0.15, 0.2) is 24.3 Å². The highest BCUT2D eigenvalue weighted by Crippen LogP contribution is 2.22. The number of rotatable bonds is 7. The Morgan fingerprint density at radius 1 is 1.29 bits per heavy atom. The second-order valence-corrected chi connectivity index (χ2v) is 5.50. The minimum absolute atomic E-state index is 0.0229. The van der Waals surface area contributed by atoms with Crippen molar-refractivity contribution in [1.82, 2.24) is 10.6 Å². The molecule has 5 nitrogen and oxygen atoms in total.